The number of alkyl halides is 2. The second kappa shape index (κ2) is 2.56. The smallest absolute Gasteiger partial charge is 0.352 e. The monoisotopic (exact) mass is 201 g/mol. The average Bonchev–Trinajstić information content (AvgIpc) is 2.55. The van der Waals surface area contributed by atoms with E-state index in [1.807, 2.05) is 0 Å². The van der Waals surface area contributed by atoms with Crippen molar-refractivity contribution in [1.29, 1.82) is 0 Å². The molecule has 0 amide bonds. The first-order valence-electron chi connectivity index (χ1n) is 4.26. The third kappa shape index (κ3) is 1.05. The molecule has 2 rings (SSSR count). The first-order valence-corrected chi connectivity index (χ1v) is 4.26. The lowest BCUT2D eigenvalue weighted by atomic mass is 10.1. The van der Waals surface area contributed by atoms with Crippen LogP contribution in [0.25, 0.3) is 0 Å². The molecule has 0 saturated carbocycles. The Kier molecular flexibility index (Phi) is 1.68. The van der Waals surface area contributed by atoms with Gasteiger partial charge in [-0.15, -0.1) is 0 Å². The summed E-state index contributed by atoms with van der Waals surface area (Å²) in [7, 11) is 0. The molecular weight excluding hydrogens is 192 g/mol. The van der Waals surface area contributed by atoms with E-state index in [9.17, 15) is 13.6 Å². The van der Waals surface area contributed by atoms with Gasteiger partial charge in [0.05, 0.1) is 5.69 Å². The van der Waals surface area contributed by atoms with Crippen LogP contribution < -0.4 is 0 Å². The second-order valence-corrected chi connectivity index (χ2v) is 3.62. The van der Waals surface area contributed by atoms with E-state index in [0.717, 1.165) is 0 Å². The van der Waals surface area contributed by atoms with Crippen molar-refractivity contribution in [2.45, 2.75) is 19.3 Å². The van der Waals surface area contributed by atoms with Crippen molar-refractivity contribution in [2.24, 2.45) is 5.92 Å². The van der Waals surface area contributed by atoms with E-state index in [1.165, 1.54) is 13.0 Å². The van der Waals surface area contributed by atoms with Crippen LogP contribution in [-0.4, -0.2) is 16.1 Å². The van der Waals surface area contributed by atoms with Crippen LogP contribution in [0, 0.1) is 5.92 Å². The first kappa shape index (κ1) is 9.18. The molecule has 5 heteroatoms. The lowest BCUT2D eigenvalue weighted by molar-refractivity contribution is -0.0487. The fraction of sp³-hybridized carbons (Fsp3) is 0.444. The molecule has 0 fully saturated rings. The summed E-state index contributed by atoms with van der Waals surface area (Å²) in [6, 6.07) is 1.29. The average molecular weight is 201 g/mol. The molecule has 1 heterocycles. The zero-order valence-corrected chi connectivity index (χ0v) is 7.47. The molecule has 76 valence electrons. The van der Waals surface area contributed by atoms with Crippen LogP contribution in [0.1, 0.15) is 28.7 Å². The fourth-order valence-electron chi connectivity index (χ4n) is 1.78. The van der Waals surface area contributed by atoms with Crippen molar-refractivity contribution in [3.63, 3.8) is 0 Å². The minimum absolute atomic E-state index is 0.165. The van der Waals surface area contributed by atoms with Gasteiger partial charge >= 0.3 is 5.97 Å². The van der Waals surface area contributed by atoms with E-state index >= 15 is 0 Å². The van der Waals surface area contributed by atoms with Gasteiger partial charge in [0.15, 0.2) is 0 Å². The largest absolute Gasteiger partial charge is 0.477 e. The molecule has 1 aliphatic carbocycles. The minimum atomic E-state index is -2.93. The van der Waals surface area contributed by atoms with Crippen LogP contribution >= 0.6 is 0 Å². The maximum absolute atomic E-state index is 13.4. The van der Waals surface area contributed by atoms with Gasteiger partial charge in [-0.05, 0) is 18.1 Å². The van der Waals surface area contributed by atoms with E-state index in [2.05, 4.69) is 4.98 Å². The van der Waals surface area contributed by atoms with E-state index in [1.54, 1.807) is 0 Å². The molecule has 0 bridgehead atoms. The number of carbonyl (C=O) groups is 1. The van der Waals surface area contributed by atoms with Gasteiger partial charge in [-0.2, -0.15) is 8.78 Å². The number of halogens is 2. The summed E-state index contributed by atoms with van der Waals surface area (Å²) >= 11 is 0. The molecule has 14 heavy (non-hydrogen) atoms. The Hall–Kier alpha value is -1.39. The Balaban J connectivity index is 2.48. The fourth-order valence-corrected chi connectivity index (χ4v) is 1.78. The number of carboxylic acids is 1. The highest BCUT2D eigenvalue weighted by atomic mass is 19.3. The quantitative estimate of drug-likeness (QED) is 0.730. The molecule has 1 aromatic rings. The highest BCUT2D eigenvalue weighted by molar-refractivity contribution is 5.86. The molecule has 1 aromatic heterocycles. The summed E-state index contributed by atoms with van der Waals surface area (Å²) in [5, 5.41) is 8.60. The van der Waals surface area contributed by atoms with Crippen molar-refractivity contribution in [3.8, 4) is 0 Å². The lowest BCUT2D eigenvalue weighted by Gasteiger charge is -2.14. The van der Waals surface area contributed by atoms with Gasteiger partial charge in [0.1, 0.15) is 5.69 Å². The normalized spacial score (nSPS) is 23.5. The standard InChI is InChI=1S/C9H9F2NO2/c1-4-2-5-3-6(8(13)14)12-7(5)9(4,10)11/h3-4,12H,2H2,1H3,(H,13,14). The minimum Gasteiger partial charge on any atom is -0.477 e. The summed E-state index contributed by atoms with van der Waals surface area (Å²) in [5.41, 5.74) is 0.0175. The third-order valence-electron chi connectivity index (χ3n) is 2.61. The number of nitrogens with one attached hydrogen (secondary N) is 1. The van der Waals surface area contributed by atoms with Gasteiger partial charge in [-0.25, -0.2) is 4.79 Å². The number of carboxylic acid groups (broad SMARTS) is 1. The van der Waals surface area contributed by atoms with E-state index in [0.29, 0.717) is 5.56 Å². The molecule has 0 radical (unpaired) electrons. The predicted octanol–water partition coefficient (Wildman–Crippen LogP) is 2.00. The van der Waals surface area contributed by atoms with Crippen molar-refractivity contribution in [2.75, 3.05) is 0 Å². The summed E-state index contributed by atoms with van der Waals surface area (Å²) in [5.74, 6) is -4.89. The summed E-state index contributed by atoms with van der Waals surface area (Å²) in [6.45, 7) is 1.45. The Bertz CT molecular complexity index is 398. The topological polar surface area (TPSA) is 53.1 Å². The molecule has 0 aromatic carbocycles. The lowest BCUT2D eigenvalue weighted by Crippen LogP contribution is -2.19. The number of aromatic carboxylic acids is 1. The highest BCUT2D eigenvalue weighted by Gasteiger charge is 2.47. The van der Waals surface area contributed by atoms with Gasteiger partial charge in [0.25, 0.3) is 5.92 Å². The van der Waals surface area contributed by atoms with E-state index < -0.39 is 17.8 Å². The number of H-pyrrole nitrogens is 1. The summed E-state index contributed by atoms with van der Waals surface area (Å²) in [4.78, 5) is 12.8. The van der Waals surface area contributed by atoms with Crippen LogP contribution in [-0.2, 0) is 12.3 Å². The molecule has 3 nitrogen and oxygen atoms in total. The number of rotatable bonds is 1. The first-order chi connectivity index (χ1) is 6.43. The maximum atomic E-state index is 13.4. The van der Waals surface area contributed by atoms with Crippen LogP contribution in [0.4, 0.5) is 8.78 Å². The van der Waals surface area contributed by atoms with Gasteiger partial charge < -0.3 is 10.1 Å². The molecule has 2 N–H and O–H groups in total. The number of hydrogen-bond donors (Lipinski definition) is 2. The molecule has 0 spiro atoms. The second-order valence-electron chi connectivity index (χ2n) is 3.62. The van der Waals surface area contributed by atoms with Gasteiger partial charge in [-0.1, -0.05) is 6.92 Å². The van der Waals surface area contributed by atoms with E-state index in [-0.39, 0.29) is 17.8 Å². The summed E-state index contributed by atoms with van der Waals surface area (Å²) < 4.78 is 26.8. The Morgan fingerprint density at radius 2 is 2.36 bits per heavy atom. The number of aromatic nitrogens is 1. The van der Waals surface area contributed by atoms with Crippen molar-refractivity contribution >= 4 is 5.97 Å². The van der Waals surface area contributed by atoms with Crippen LogP contribution in [0.2, 0.25) is 0 Å². The highest BCUT2D eigenvalue weighted by Crippen LogP contribution is 2.45. The van der Waals surface area contributed by atoms with Gasteiger partial charge in [0, 0.05) is 5.92 Å². The van der Waals surface area contributed by atoms with E-state index in [4.69, 9.17) is 5.11 Å². The Morgan fingerprint density at radius 1 is 1.71 bits per heavy atom. The molecule has 1 aliphatic rings. The van der Waals surface area contributed by atoms with Crippen molar-refractivity contribution < 1.29 is 18.7 Å². The van der Waals surface area contributed by atoms with Crippen LogP contribution in [0.3, 0.4) is 0 Å². The van der Waals surface area contributed by atoms with Crippen LogP contribution in [0.15, 0.2) is 6.07 Å². The van der Waals surface area contributed by atoms with Crippen molar-refractivity contribution in [3.05, 3.63) is 23.0 Å². The van der Waals surface area contributed by atoms with Gasteiger partial charge in [0.2, 0.25) is 0 Å². The predicted molar refractivity (Wildman–Crippen MR) is 44.5 cm³/mol. The third-order valence-corrected chi connectivity index (χ3v) is 2.61. The maximum Gasteiger partial charge on any atom is 0.352 e. The molecule has 0 aliphatic heterocycles. The molecule has 1 atom stereocenters. The zero-order valence-electron chi connectivity index (χ0n) is 7.47. The zero-order chi connectivity index (χ0) is 10.5. The number of fused-ring (bicyclic) bond motifs is 1. The van der Waals surface area contributed by atoms with Crippen molar-refractivity contribution in [1.82, 2.24) is 4.98 Å². The van der Waals surface area contributed by atoms with Gasteiger partial charge in [-0.3, -0.25) is 0 Å². The van der Waals surface area contributed by atoms with Crippen LogP contribution in [0.5, 0.6) is 0 Å². The Labute approximate surface area is 78.7 Å². The number of hydrogen-bond acceptors (Lipinski definition) is 1. The Morgan fingerprint density at radius 3 is 2.86 bits per heavy atom. The molecule has 1 unspecified atom stereocenters. The SMILES string of the molecule is CC1Cc2cc(C(=O)O)[nH]c2C1(F)F. The molecule has 0 saturated heterocycles. The summed E-state index contributed by atoms with van der Waals surface area (Å²) in [6.07, 6.45) is 0.228. The molecular formula is C9H9F2NO2. The number of aromatic amines is 1.